The van der Waals surface area contributed by atoms with E-state index in [2.05, 4.69) is 0 Å². The van der Waals surface area contributed by atoms with Gasteiger partial charge in [-0.1, -0.05) is 13.8 Å². The number of sulfonamides is 1. The normalized spacial score (nSPS) is 12.4. The van der Waals surface area contributed by atoms with Gasteiger partial charge >= 0.3 is 0 Å². The molecule has 0 aliphatic carbocycles. The highest BCUT2D eigenvalue weighted by atomic mass is 32.2. The molecule has 0 radical (unpaired) electrons. The largest absolute Gasteiger partial charge is 0.330 e. The van der Waals surface area contributed by atoms with E-state index in [1.54, 1.807) is 13.8 Å². The van der Waals surface area contributed by atoms with Crippen LogP contribution in [0.25, 0.3) is 0 Å². The van der Waals surface area contributed by atoms with E-state index < -0.39 is 32.4 Å². The number of halogens is 3. The molecule has 0 fully saturated rings. The second kappa shape index (κ2) is 7.24. The van der Waals surface area contributed by atoms with Gasteiger partial charge < -0.3 is 5.73 Å². The van der Waals surface area contributed by atoms with Gasteiger partial charge in [0.05, 0.1) is 0 Å². The van der Waals surface area contributed by atoms with E-state index in [1.807, 2.05) is 0 Å². The second-order valence-electron chi connectivity index (χ2n) is 5.10. The predicted molar refractivity (Wildman–Crippen MR) is 73.6 cm³/mol. The van der Waals surface area contributed by atoms with E-state index in [-0.39, 0.29) is 25.6 Å². The quantitative estimate of drug-likeness (QED) is 0.835. The van der Waals surface area contributed by atoms with Crippen molar-refractivity contribution < 1.29 is 21.6 Å². The molecule has 0 amide bonds. The molecule has 0 aliphatic rings. The monoisotopic (exact) mass is 324 g/mol. The molecule has 0 aromatic heterocycles. The van der Waals surface area contributed by atoms with E-state index in [9.17, 15) is 21.6 Å². The Kier molecular flexibility index (Phi) is 6.18. The highest BCUT2D eigenvalue weighted by Crippen LogP contribution is 2.24. The van der Waals surface area contributed by atoms with Crippen LogP contribution in [-0.2, 0) is 10.0 Å². The lowest BCUT2D eigenvalue weighted by atomic mass is 10.2. The third-order valence-electron chi connectivity index (χ3n) is 2.74. The second-order valence-corrected chi connectivity index (χ2v) is 6.97. The minimum atomic E-state index is -4.39. The zero-order valence-electron chi connectivity index (χ0n) is 11.9. The first-order chi connectivity index (χ1) is 9.70. The van der Waals surface area contributed by atoms with Crippen LogP contribution in [0.4, 0.5) is 13.2 Å². The van der Waals surface area contributed by atoms with Crippen LogP contribution in [0.1, 0.15) is 20.3 Å². The molecule has 0 bridgehead atoms. The standard InChI is InChI=1S/C13H19F3N2O2S/c1-9(2)8-18(5-3-4-17)21(19,20)13-11(15)6-10(14)7-12(13)16/h6-7,9H,3-5,8,17H2,1-2H3. The Balaban J connectivity index is 3.28. The topological polar surface area (TPSA) is 63.4 Å². The summed E-state index contributed by atoms with van der Waals surface area (Å²) in [5, 5.41) is 0. The van der Waals surface area contributed by atoms with Crippen LogP contribution in [0.2, 0.25) is 0 Å². The van der Waals surface area contributed by atoms with Gasteiger partial charge in [0.15, 0.2) is 4.90 Å². The first-order valence-electron chi connectivity index (χ1n) is 6.55. The van der Waals surface area contributed by atoms with Crippen LogP contribution in [0, 0.1) is 23.4 Å². The summed E-state index contributed by atoms with van der Waals surface area (Å²) >= 11 is 0. The molecule has 2 N–H and O–H groups in total. The van der Waals surface area contributed by atoms with Crippen molar-refractivity contribution >= 4 is 10.0 Å². The van der Waals surface area contributed by atoms with Crippen LogP contribution in [0.3, 0.4) is 0 Å². The van der Waals surface area contributed by atoms with Gasteiger partial charge in [0.25, 0.3) is 0 Å². The molecule has 1 rings (SSSR count). The molecule has 0 aliphatic heterocycles. The van der Waals surface area contributed by atoms with Gasteiger partial charge in [-0.05, 0) is 18.9 Å². The Labute approximate surface area is 122 Å². The average molecular weight is 324 g/mol. The Bertz CT molecular complexity index is 568. The molecule has 1 aromatic carbocycles. The van der Waals surface area contributed by atoms with E-state index in [0.29, 0.717) is 18.6 Å². The van der Waals surface area contributed by atoms with Crippen molar-refractivity contribution in [2.75, 3.05) is 19.6 Å². The van der Waals surface area contributed by atoms with Crippen LogP contribution in [0.15, 0.2) is 17.0 Å². The molecule has 0 unspecified atom stereocenters. The number of hydrogen-bond acceptors (Lipinski definition) is 3. The average Bonchev–Trinajstić information content (AvgIpc) is 2.32. The van der Waals surface area contributed by atoms with Gasteiger partial charge in [0.2, 0.25) is 10.0 Å². The summed E-state index contributed by atoms with van der Waals surface area (Å²) in [6.07, 6.45) is 0.358. The molecule has 0 saturated carbocycles. The van der Waals surface area contributed by atoms with E-state index in [0.717, 1.165) is 4.31 Å². The number of nitrogens with two attached hydrogens (primary N) is 1. The molecule has 0 saturated heterocycles. The first kappa shape index (κ1) is 17.9. The molecule has 0 heterocycles. The van der Waals surface area contributed by atoms with E-state index in [4.69, 9.17) is 5.73 Å². The van der Waals surface area contributed by atoms with Crippen molar-refractivity contribution in [3.63, 3.8) is 0 Å². The smallest absolute Gasteiger partial charge is 0.248 e. The molecule has 8 heteroatoms. The Morgan fingerprint density at radius 2 is 1.71 bits per heavy atom. The van der Waals surface area contributed by atoms with Crippen LogP contribution < -0.4 is 5.73 Å². The van der Waals surface area contributed by atoms with Crippen LogP contribution in [-0.4, -0.2) is 32.4 Å². The van der Waals surface area contributed by atoms with Gasteiger partial charge in [-0.15, -0.1) is 0 Å². The number of nitrogens with zero attached hydrogens (tertiary/aromatic N) is 1. The lowest BCUT2D eigenvalue weighted by Crippen LogP contribution is -2.36. The van der Waals surface area contributed by atoms with E-state index >= 15 is 0 Å². The van der Waals surface area contributed by atoms with Gasteiger partial charge in [0.1, 0.15) is 17.5 Å². The lowest BCUT2D eigenvalue weighted by molar-refractivity contribution is 0.359. The fraction of sp³-hybridized carbons (Fsp3) is 0.538. The zero-order valence-corrected chi connectivity index (χ0v) is 12.8. The van der Waals surface area contributed by atoms with Crippen molar-refractivity contribution in [1.82, 2.24) is 4.31 Å². The third-order valence-corrected chi connectivity index (χ3v) is 4.66. The van der Waals surface area contributed by atoms with Gasteiger partial charge in [-0.2, -0.15) is 4.31 Å². The summed E-state index contributed by atoms with van der Waals surface area (Å²) in [6.45, 7) is 3.95. The molecule has 4 nitrogen and oxygen atoms in total. The van der Waals surface area contributed by atoms with Gasteiger partial charge in [-0.25, -0.2) is 21.6 Å². The molecule has 120 valence electrons. The number of benzene rings is 1. The highest BCUT2D eigenvalue weighted by molar-refractivity contribution is 7.89. The molecular weight excluding hydrogens is 305 g/mol. The predicted octanol–water partition coefficient (Wildman–Crippen LogP) is 2.10. The summed E-state index contributed by atoms with van der Waals surface area (Å²) in [7, 11) is -4.39. The minimum Gasteiger partial charge on any atom is -0.330 e. The first-order valence-corrected chi connectivity index (χ1v) is 7.99. The SMILES string of the molecule is CC(C)CN(CCCN)S(=O)(=O)c1c(F)cc(F)cc1F. The third kappa shape index (κ3) is 4.42. The van der Waals surface area contributed by atoms with Crippen molar-refractivity contribution in [3.8, 4) is 0 Å². The molecule has 0 spiro atoms. The fourth-order valence-electron chi connectivity index (χ4n) is 1.89. The summed E-state index contributed by atoms with van der Waals surface area (Å²) < 4.78 is 66.1. The molecule has 1 aromatic rings. The zero-order chi connectivity index (χ0) is 16.2. The number of hydrogen-bond donors (Lipinski definition) is 1. The van der Waals surface area contributed by atoms with Gasteiger partial charge in [-0.3, -0.25) is 0 Å². The summed E-state index contributed by atoms with van der Waals surface area (Å²) in [6, 6.07) is 0.707. The summed E-state index contributed by atoms with van der Waals surface area (Å²) in [5.74, 6) is -4.08. The van der Waals surface area contributed by atoms with Crippen molar-refractivity contribution in [2.24, 2.45) is 11.7 Å². The Morgan fingerprint density at radius 3 is 2.14 bits per heavy atom. The van der Waals surface area contributed by atoms with Crippen LogP contribution >= 0.6 is 0 Å². The molecule has 21 heavy (non-hydrogen) atoms. The lowest BCUT2D eigenvalue weighted by Gasteiger charge is -2.24. The number of rotatable bonds is 7. The maximum absolute atomic E-state index is 13.7. The highest BCUT2D eigenvalue weighted by Gasteiger charge is 2.31. The molecular formula is C13H19F3N2O2S. The van der Waals surface area contributed by atoms with E-state index in [1.165, 1.54) is 0 Å². The van der Waals surface area contributed by atoms with Crippen molar-refractivity contribution in [1.29, 1.82) is 0 Å². The van der Waals surface area contributed by atoms with Crippen molar-refractivity contribution in [3.05, 3.63) is 29.6 Å². The maximum Gasteiger partial charge on any atom is 0.248 e. The Morgan fingerprint density at radius 1 is 1.19 bits per heavy atom. The maximum atomic E-state index is 13.7. The van der Waals surface area contributed by atoms with Crippen LogP contribution in [0.5, 0.6) is 0 Å². The minimum absolute atomic E-state index is 0.0379. The molecule has 0 atom stereocenters. The van der Waals surface area contributed by atoms with Crippen molar-refractivity contribution in [2.45, 2.75) is 25.2 Å². The fourth-order valence-corrected chi connectivity index (χ4v) is 3.62. The summed E-state index contributed by atoms with van der Waals surface area (Å²) in [5.41, 5.74) is 5.35. The van der Waals surface area contributed by atoms with Gasteiger partial charge in [0, 0.05) is 25.2 Å². The summed E-state index contributed by atoms with van der Waals surface area (Å²) in [4.78, 5) is -1.12. The Hall–Kier alpha value is -1.12.